The Labute approximate surface area is 162 Å². The molecule has 1 saturated heterocycles. The van der Waals surface area contributed by atoms with E-state index in [4.69, 9.17) is 5.73 Å². The number of hydrogen-bond acceptors (Lipinski definition) is 3. The van der Waals surface area contributed by atoms with Crippen LogP contribution in [0.3, 0.4) is 0 Å². The average molecular weight is 370 g/mol. The first kappa shape index (κ1) is 19.5. The van der Waals surface area contributed by atoms with Crippen LogP contribution in [0.4, 0.5) is 11.4 Å². The van der Waals surface area contributed by atoms with Crippen LogP contribution < -0.4 is 16.0 Å². The SMILES string of the molecule is CC(C)=CC1C(C(=O)Nc2cc(C(N)=O)ccc2N2CCCCC2)C1(C)C. The van der Waals surface area contributed by atoms with E-state index in [0.717, 1.165) is 31.6 Å². The Balaban J connectivity index is 1.86. The highest BCUT2D eigenvalue weighted by molar-refractivity contribution is 6.01. The third kappa shape index (κ3) is 4.02. The van der Waals surface area contributed by atoms with Crippen LogP contribution in [0.5, 0.6) is 0 Å². The van der Waals surface area contributed by atoms with Crippen molar-refractivity contribution in [2.45, 2.75) is 47.0 Å². The molecule has 2 amide bonds. The van der Waals surface area contributed by atoms with Crippen LogP contribution in [-0.2, 0) is 4.79 Å². The number of allylic oxidation sites excluding steroid dienone is 2. The highest BCUT2D eigenvalue weighted by Gasteiger charge is 2.60. The van der Waals surface area contributed by atoms with E-state index in [9.17, 15) is 9.59 Å². The number of hydrogen-bond donors (Lipinski definition) is 2. The van der Waals surface area contributed by atoms with Crippen LogP contribution in [0, 0.1) is 17.3 Å². The lowest BCUT2D eigenvalue weighted by molar-refractivity contribution is -0.118. The predicted molar refractivity (Wildman–Crippen MR) is 110 cm³/mol. The predicted octanol–water partition coefficient (Wildman–Crippen LogP) is 3.95. The second-order valence-electron chi connectivity index (χ2n) is 8.70. The minimum Gasteiger partial charge on any atom is -0.370 e. The van der Waals surface area contributed by atoms with Gasteiger partial charge in [0, 0.05) is 18.7 Å². The fraction of sp³-hybridized carbons (Fsp3) is 0.545. The van der Waals surface area contributed by atoms with E-state index in [-0.39, 0.29) is 23.2 Å². The van der Waals surface area contributed by atoms with Crippen LogP contribution in [0.25, 0.3) is 0 Å². The van der Waals surface area contributed by atoms with Crippen molar-refractivity contribution in [2.24, 2.45) is 23.0 Å². The zero-order chi connectivity index (χ0) is 19.8. The van der Waals surface area contributed by atoms with E-state index in [1.165, 1.54) is 12.0 Å². The molecule has 5 heteroatoms. The van der Waals surface area contributed by atoms with Crippen molar-refractivity contribution in [1.29, 1.82) is 0 Å². The summed E-state index contributed by atoms with van der Waals surface area (Å²) in [6.45, 7) is 10.3. The zero-order valence-corrected chi connectivity index (χ0v) is 16.8. The Morgan fingerprint density at radius 2 is 1.85 bits per heavy atom. The minimum atomic E-state index is -0.482. The molecule has 0 spiro atoms. The topological polar surface area (TPSA) is 75.4 Å². The molecule has 146 valence electrons. The number of carbonyl (C=O) groups excluding carboxylic acids is 2. The highest BCUT2D eigenvalue weighted by atomic mass is 16.2. The highest BCUT2D eigenvalue weighted by Crippen LogP contribution is 2.59. The number of rotatable bonds is 5. The lowest BCUT2D eigenvalue weighted by Gasteiger charge is -2.30. The fourth-order valence-electron chi connectivity index (χ4n) is 4.26. The Morgan fingerprint density at radius 1 is 1.19 bits per heavy atom. The Hall–Kier alpha value is -2.30. The van der Waals surface area contributed by atoms with Crippen molar-refractivity contribution in [2.75, 3.05) is 23.3 Å². The van der Waals surface area contributed by atoms with Crippen LogP contribution in [-0.4, -0.2) is 24.9 Å². The van der Waals surface area contributed by atoms with Gasteiger partial charge in [-0.25, -0.2) is 0 Å². The number of anilines is 2. The van der Waals surface area contributed by atoms with Gasteiger partial charge in [-0.3, -0.25) is 9.59 Å². The molecule has 2 unspecified atom stereocenters. The van der Waals surface area contributed by atoms with Crippen LogP contribution in [0.1, 0.15) is 57.3 Å². The molecule has 3 rings (SSSR count). The summed E-state index contributed by atoms with van der Waals surface area (Å²) in [4.78, 5) is 26.9. The van der Waals surface area contributed by atoms with Crippen molar-refractivity contribution < 1.29 is 9.59 Å². The van der Waals surface area contributed by atoms with Gasteiger partial charge in [-0.15, -0.1) is 0 Å². The van der Waals surface area contributed by atoms with Gasteiger partial charge in [0.15, 0.2) is 0 Å². The van der Waals surface area contributed by atoms with Gasteiger partial charge in [0.1, 0.15) is 0 Å². The van der Waals surface area contributed by atoms with Gasteiger partial charge in [-0.2, -0.15) is 0 Å². The number of benzene rings is 1. The molecule has 1 aliphatic heterocycles. The van der Waals surface area contributed by atoms with Gasteiger partial charge in [-0.05, 0) is 62.6 Å². The van der Waals surface area contributed by atoms with Crippen molar-refractivity contribution in [1.82, 2.24) is 0 Å². The molecule has 1 aromatic rings. The van der Waals surface area contributed by atoms with Gasteiger partial charge in [0.2, 0.25) is 11.8 Å². The van der Waals surface area contributed by atoms with E-state index >= 15 is 0 Å². The standard InChI is InChI=1S/C22H31N3O2/c1-14(2)12-16-19(22(16,3)4)21(27)24-17-13-15(20(23)26)8-9-18(17)25-10-6-5-7-11-25/h8-9,12-13,16,19H,5-7,10-11H2,1-4H3,(H2,23,26)(H,24,27). The van der Waals surface area contributed by atoms with Gasteiger partial charge in [0.25, 0.3) is 0 Å². The van der Waals surface area contributed by atoms with E-state index in [1.807, 2.05) is 6.07 Å². The maximum absolute atomic E-state index is 13.0. The first-order valence-electron chi connectivity index (χ1n) is 9.86. The third-order valence-electron chi connectivity index (χ3n) is 5.94. The molecule has 2 atom stereocenters. The summed E-state index contributed by atoms with van der Waals surface area (Å²) in [5.74, 6) is -0.272. The van der Waals surface area contributed by atoms with Gasteiger partial charge >= 0.3 is 0 Å². The number of nitrogens with two attached hydrogens (primary N) is 1. The Bertz CT molecular complexity index is 772. The fourth-order valence-corrected chi connectivity index (χ4v) is 4.26. The van der Waals surface area contributed by atoms with Crippen LogP contribution >= 0.6 is 0 Å². The molecule has 2 aliphatic rings. The van der Waals surface area contributed by atoms with E-state index in [2.05, 4.69) is 44.0 Å². The van der Waals surface area contributed by atoms with Gasteiger partial charge < -0.3 is 16.0 Å². The summed E-state index contributed by atoms with van der Waals surface area (Å²) in [6, 6.07) is 5.37. The monoisotopic (exact) mass is 369 g/mol. The number of piperidine rings is 1. The van der Waals surface area contributed by atoms with Crippen molar-refractivity contribution in [3.05, 3.63) is 35.4 Å². The molecule has 3 N–H and O–H groups in total. The molecule has 0 radical (unpaired) electrons. The van der Waals surface area contributed by atoms with Gasteiger partial charge in [-0.1, -0.05) is 25.5 Å². The van der Waals surface area contributed by atoms with Crippen molar-refractivity contribution in [3.8, 4) is 0 Å². The summed E-state index contributed by atoms with van der Waals surface area (Å²) in [5.41, 5.74) is 8.73. The summed E-state index contributed by atoms with van der Waals surface area (Å²) in [5, 5.41) is 3.11. The largest absolute Gasteiger partial charge is 0.370 e. The number of nitrogens with one attached hydrogen (secondary N) is 1. The molecule has 27 heavy (non-hydrogen) atoms. The lowest BCUT2D eigenvalue weighted by Crippen LogP contribution is -2.31. The Morgan fingerprint density at radius 3 is 2.44 bits per heavy atom. The van der Waals surface area contributed by atoms with Gasteiger partial charge in [0.05, 0.1) is 17.3 Å². The number of carbonyl (C=O) groups is 2. The lowest BCUT2D eigenvalue weighted by atomic mass is 10.1. The summed E-state index contributed by atoms with van der Waals surface area (Å²) >= 11 is 0. The van der Waals surface area contributed by atoms with Crippen molar-refractivity contribution >= 4 is 23.2 Å². The van der Waals surface area contributed by atoms with Crippen LogP contribution in [0.15, 0.2) is 29.8 Å². The molecule has 5 nitrogen and oxygen atoms in total. The number of amides is 2. The molecule has 1 saturated carbocycles. The molecular formula is C22H31N3O2. The first-order valence-corrected chi connectivity index (χ1v) is 9.86. The first-order chi connectivity index (χ1) is 12.7. The molecule has 1 aliphatic carbocycles. The van der Waals surface area contributed by atoms with E-state index < -0.39 is 5.91 Å². The molecular weight excluding hydrogens is 338 g/mol. The summed E-state index contributed by atoms with van der Waals surface area (Å²) in [6.07, 6.45) is 5.71. The van der Waals surface area contributed by atoms with Crippen LogP contribution in [0.2, 0.25) is 0 Å². The molecule has 0 aromatic heterocycles. The molecule has 1 aromatic carbocycles. The van der Waals surface area contributed by atoms with E-state index in [1.54, 1.807) is 12.1 Å². The summed E-state index contributed by atoms with van der Waals surface area (Å²) in [7, 11) is 0. The quantitative estimate of drug-likeness (QED) is 0.772. The number of nitrogens with zero attached hydrogens (tertiary/aromatic N) is 1. The maximum Gasteiger partial charge on any atom is 0.248 e. The second-order valence-corrected chi connectivity index (χ2v) is 8.70. The maximum atomic E-state index is 13.0. The minimum absolute atomic E-state index is 0.0161. The third-order valence-corrected chi connectivity index (χ3v) is 5.94. The second kappa shape index (κ2) is 7.37. The number of primary amides is 1. The zero-order valence-electron chi connectivity index (χ0n) is 16.8. The Kier molecular flexibility index (Phi) is 5.31. The molecule has 2 fully saturated rings. The normalized spacial score (nSPS) is 23.5. The molecule has 0 bridgehead atoms. The average Bonchev–Trinajstić information content (AvgIpc) is 3.15. The smallest absolute Gasteiger partial charge is 0.248 e. The molecule has 1 heterocycles. The van der Waals surface area contributed by atoms with Crippen molar-refractivity contribution in [3.63, 3.8) is 0 Å². The summed E-state index contributed by atoms with van der Waals surface area (Å²) < 4.78 is 0. The van der Waals surface area contributed by atoms with E-state index in [0.29, 0.717) is 11.3 Å².